The van der Waals surface area contributed by atoms with Gasteiger partial charge in [0.15, 0.2) is 0 Å². The zero-order chi connectivity index (χ0) is 19.2. The number of thiazole rings is 1. The average molecular weight is 388 g/mol. The molecule has 2 aromatic rings. The molecule has 0 bridgehead atoms. The van der Waals surface area contributed by atoms with Gasteiger partial charge in [-0.2, -0.15) is 0 Å². The maximum atomic E-state index is 12.3. The van der Waals surface area contributed by atoms with Crippen LogP contribution >= 0.6 is 11.3 Å². The van der Waals surface area contributed by atoms with Crippen LogP contribution in [0.3, 0.4) is 0 Å². The maximum Gasteiger partial charge on any atom is 0.252 e. The molecule has 0 radical (unpaired) electrons. The fourth-order valence-corrected chi connectivity index (χ4v) is 3.95. The molecular formula is C19H24N4O3S. The zero-order valence-electron chi connectivity index (χ0n) is 15.4. The SMILES string of the molecule is Cc1cnc(CCNC(=O)Cn2cc(C(=O)NC3CCCC3)ccc2=O)s1. The molecule has 3 rings (SSSR count). The van der Waals surface area contributed by atoms with Gasteiger partial charge in [0, 0.05) is 42.3 Å². The van der Waals surface area contributed by atoms with Crippen molar-refractivity contribution in [3.05, 3.63) is 50.3 Å². The number of amides is 2. The number of carbonyl (C=O) groups is 2. The summed E-state index contributed by atoms with van der Waals surface area (Å²) in [6, 6.07) is 3.04. The number of hydrogen-bond donors (Lipinski definition) is 2. The van der Waals surface area contributed by atoms with Gasteiger partial charge in [0.05, 0.1) is 10.6 Å². The van der Waals surface area contributed by atoms with Crippen molar-refractivity contribution in [2.24, 2.45) is 0 Å². The Hall–Kier alpha value is -2.48. The number of pyridine rings is 1. The third-order valence-electron chi connectivity index (χ3n) is 4.58. The quantitative estimate of drug-likeness (QED) is 0.754. The molecule has 0 unspecified atom stereocenters. The van der Waals surface area contributed by atoms with Gasteiger partial charge in [-0.3, -0.25) is 14.4 Å². The van der Waals surface area contributed by atoms with Crippen molar-refractivity contribution in [1.82, 2.24) is 20.2 Å². The molecule has 2 amide bonds. The smallest absolute Gasteiger partial charge is 0.252 e. The van der Waals surface area contributed by atoms with Crippen LogP contribution in [0.4, 0.5) is 0 Å². The highest BCUT2D eigenvalue weighted by Gasteiger charge is 2.18. The van der Waals surface area contributed by atoms with E-state index in [2.05, 4.69) is 15.6 Å². The number of aryl methyl sites for hydroxylation is 1. The number of nitrogens with one attached hydrogen (secondary N) is 2. The summed E-state index contributed by atoms with van der Waals surface area (Å²) < 4.78 is 1.27. The second kappa shape index (κ2) is 8.94. The van der Waals surface area contributed by atoms with Crippen LogP contribution in [0.2, 0.25) is 0 Å². The molecule has 27 heavy (non-hydrogen) atoms. The van der Waals surface area contributed by atoms with Gasteiger partial charge in [0.25, 0.3) is 11.5 Å². The Morgan fingerprint density at radius 3 is 2.78 bits per heavy atom. The number of hydrogen-bond acceptors (Lipinski definition) is 5. The fourth-order valence-electron chi connectivity index (χ4n) is 3.16. The van der Waals surface area contributed by atoms with Crippen molar-refractivity contribution >= 4 is 23.2 Å². The maximum absolute atomic E-state index is 12.3. The molecule has 1 aliphatic rings. The Balaban J connectivity index is 1.54. The van der Waals surface area contributed by atoms with Crippen molar-refractivity contribution < 1.29 is 9.59 Å². The minimum absolute atomic E-state index is 0.111. The summed E-state index contributed by atoms with van der Waals surface area (Å²) in [6.45, 7) is 2.34. The highest BCUT2D eigenvalue weighted by atomic mass is 32.1. The van der Waals surface area contributed by atoms with Crippen LogP contribution in [-0.4, -0.2) is 34.0 Å². The van der Waals surface area contributed by atoms with E-state index in [0.717, 1.165) is 35.6 Å². The Kier molecular flexibility index (Phi) is 6.39. The minimum Gasteiger partial charge on any atom is -0.354 e. The summed E-state index contributed by atoms with van der Waals surface area (Å²) in [4.78, 5) is 41.9. The van der Waals surface area contributed by atoms with E-state index in [9.17, 15) is 14.4 Å². The lowest BCUT2D eigenvalue weighted by Gasteiger charge is -2.13. The lowest BCUT2D eigenvalue weighted by molar-refractivity contribution is -0.121. The standard InChI is InChI=1S/C19H24N4O3S/c1-13-10-21-17(27-13)8-9-20-16(24)12-23-11-14(6-7-18(23)25)19(26)22-15-4-2-3-5-15/h6-7,10-11,15H,2-5,8-9,12H2,1H3,(H,20,24)(H,22,26). The summed E-state index contributed by atoms with van der Waals surface area (Å²) in [7, 11) is 0. The first-order chi connectivity index (χ1) is 13.0. The normalized spacial score (nSPS) is 14.3. The van der Waals surface area contributed by atoms with Crippen LogP contribution in [0.1, 0.15) is 45.9 Å². The topological polar surface area (TPSA) is 93.1 Å². The van der Waals surface area contributed by atoms with Crippen LogP contribution in [0.15, 0.2) is 29.3 Å². The third kappa shape index (κ3) is 5.50. The monoisotopic (exact) mass is 388 g/mol. The molecule has 0 aliphatic heterocycles. The Labute approximate surface area is 161 Å². The molecule has 2 heterocycles. The van der Waals surface area contributed by atoms with Gasteiger partial charge in [-0.15, -0.1) is 11.3 Å². The summed E-state index contributed by atoms with van der Waals surface area (Å²) in [6.07, 6.45) is 8.16. The van der Waals surface area contributed by atoms with E-state index in [4.69, 9.17) is 0 Å². The van der Waals surface area contributed by atoms with Gasteiger partial charge in [-0.25, -0.2) is 4.98 Å². The molecule has 1 aliphatic carbocycles. The lowest BCUT2D eigenvalue weighted by Crippen LogP contribution is -2.35. The van der Waals surface area contributed by atoms with Crippen LogP contribution < -0.4 is 16.2 Å². The van der Waals surface area contributed by atoms with E-state index in [-0.39, 0.29) is 30.0 Å². The lowest BCUT2D eigenvalue weighted by atomic mass is 10.2. The molecule has 2 N–H and O–H groups in total. The zero-order valence-corrected chi connectivity index (χ0v) is 16.2. The molecule has 0 spiro atoms. The summed E-state index contributed by atoms with van der Waals surface area (Å²) in [5, 5.41) is 6.75. The predicted molar refractivity (Wildman–Crippen MR) is 104 cm³/mol. The minimum atomic E-state index is -0.307. The number of carbonyl (C=O) groups excluding carboxylic acids is 2. The van der Waals surface area contributed by atoms with Crippen molar-refractivity contribution in [1.29, 1.82) is 0 Å². The van der Waals surface area contributed by atoms with Crippen molar-refractivity contribution in [3.8, 4) is 0 Å². The van der Waals surface area contributed by atoms with Crippen LogP contribution in [0.25, 0.3) is 0 Å². The molecule has 0 aromatic carbocycles. The van der Waals surface area contributed by atoms with E-state index in [0.29, 0.717) is 18.5 Å². The largest absolute Gasteiger partial charge is 0.354 e. The van der Waals surface area contributed by atoms with Gasteiger partial charge in [-0.05, 0) is 25.8 Å². The Bertz CT molecular complexity index is 868. The van der Waals surface area contributed by atoms with Crippen LogP contribution in [-0.2, 0) is 17.8 Å². The van der Waals surface area contributed by atoms with Gasteiger partial charge in [0.1, 0.15) is 6.54 Å². The summed E-state index contributed by atoms with van der Waals surface area (Å²) >= 11 is 1.60. The first-order valence-corrected chi connectivity index (χ1v) is 10.0. The second-order valence-electron chi connectivity index (χ2n) is 6.80. The van der Waals surface area contributed by atoms with E-state index in [1.54, 1.807) is 11.3 Å². The third-order valence-corrected chi connectivity index (χ3v) is 5.55. The van der Waals surface area contributed by atoms with E-state index >= 15 is 0 Å². The van der Waals surface area contributed by atoms with Crippen LogP contribution in [0, 0.1) is 6.92 Å². The van der Waals surface area contributed by atoms with E-state index in [1.807, 2.05) is 13.1 Å². The van der Waals surface area contributed by atoms with E-state index < -0.39 is 0 Å². The van der Waals surface area contributed by atoms with E-state index in [1.165, 1.54) is 22.9 Å². The number of rotatable bonds is 7. The van der Waals surface area contributed by atoms with Crippen LogP contribution in [0.5, 0.6) is 0 Å². The van der Waals surface area contributed by atoms with Crippen molar-refractivity contribution in [2.75, 3.05) is 6.54 Å². The van der Waals surface area contributed by atoms with Gasteiger partial charge in [0.2, 0.25) is 5.91 Å². The Morgan fingerprint density at radius 1 is 1.30 bits per heavy atom. The van der Waals surface area contributed by atoms with Gasteiger partial charge < -0.3 is 15.2 Å². The first kappa shape index (κ1) is 19.3. The average Bonchev–Trinajstić information content (AvgIpc) is 3.28. The predicted octanol–water partition coefficient (Wildman–Crippen LogP) is 1.64. The molecule has 1 saturated carbocycles. The molecule has 0 saturated heterocycles. The molecule has 144 valence electrons. The molecule has 7 nitrogen and oxygen atoms in total. The number of nitrogens with zero attached hydrogens (tertiary/aromatic N) is 2. The summed E-state index contributed by atoms with van der Waals surface area (Å²) in [5.74, 6) is -0.464. The van der Waals surface area contributed by atoms with Crippen molar-refractivity contribution in [3.63, 3.8) is 0 Å². The number of aromatic nitrogens is 2. The fraction of sp³-hybridized carbons (Fsp3) is 0.474. The highest BCUT2D eigenvalue weighted by molar-refractivity contribution is 7.11. The molecule has 0 atom stereocenters. The molecule has 1 fully saturated rings. The molecular weight excluding hydrogens is 364 g/mol. The van der Waals surface area contributed by atoms with Gasteiger partial charge in [-0.1, -0.05) is 12.8 Å². The highest BCUT2D eigenvalue weighted by Crippen LogP contribution is 2.18. The molecule has 8 heteroatoms. The second-order valence-corrected chi connectivity index (χ2v) is 8.12. The van der Waals surface area contributed by atoms with Gasteiger partial charge >= 0.3 is 0 Å². The first-order valence-electron chi connectivity index (χ1n) is 9.20. The Morgan fingerprint density at radius 2 is 2.07 bits per heavy atom. The van der Waals surface area contributed by atoms with Crippen molar-refractivity contribution in [2.45, 2.75) is 51.6 Å². The molecule has 2 aromatic heterocycles. The summed E-state index contributed by atoms with van der Waals surface area (Å²) in [5.41, 5.74) is 0.0886.